The number of esters is 1. The van der Waals surface area contributed by atoms with Crippen LogP contribution in [0.3, 0.4) is 0 Å². The molecule has 0 aliphatic heterocycles. The Bertz CT molecular complexity index is 1090. The second-order valence-corrected chi connectivity index (χ2v) is 20.2. The lowest BCUT2D eigenvalue weighted by Crippen LogP contribution is -2.66. The van der Waals surface area contributed by atoms with Gasteiger partial charge in [0.1, 0.15) is 6.10 Å². The van der Waals surface area contributed by atoms with Crippen LogP contribution in [0.15, 0.2) is 12.2 Å². The van der Waals surface area contributed by atoms with Crippen molar-refractivity contribution < 1.29 is 9.53 Å². The van der Waals surface area contributed by atoms with Gasteiger partial charge in [-0.1, -0.05) is 138 Å². The van der Waals surface area contributed by atoms with Crippen LogP contribution >= 0.6 is 0 Å². The molecule has 0 aromatic rings. The van der Waals surface area contributed by atoms with Gasteiger partial charge in [-0.2, -0.15) is 0 Å². The molecule has 276 valence electrons. The molecule has 0 radical (unpaired) electrons. The summed E-state index contributed by atoms with van der Waals surface area (Å²) in [6.07, 6.45) is 31.4. The number of allylic oxidation sites excluding steroid dienone is 1. The molecule has 0 spiro atoms. The molecule has 0 unspecified atom stereocenters. The van der Waals surface area contributed by atoms with E-state index in [9.17, 15) is 4.79 Å². The first-order valence-electron chi connectivity index (χ1n) is 21.6. The summed E-state index contributed by atoms with van der Waals surface area (Å²) in [6, 6.07) is 0. The molecule has 0 saturated heterocycles. The average molecular weight is 665 g/mol. The highest BCUT2D eigenvalue weighted by molar-refractivity contribution is 5.69. The highest BCUT2D eigenvalue weighted by Crippen LogP contribution is 2.77. The highest BCUT2D eigenvalue weighted by atomic mass is 16.5. The van der Waals surface area contributed by atoms with Crippen LogP contribution in [0.5, 0.6) is 0 Å². The van der Waals surface area contributed by atoms with Gasteiger partial charge in [-0.3, -0.25) is 4.79 Å². The maximum atomic E-state index is 13.2. The largest absolute Gasteiger partial charge is 0.462 e. The Morgan fingerprint density at radius 3 is 1.85 bits per heavy atom. The van der Waals surface area contributed by atoms with Crippen LogP contribution < -0.4 is 0 Å². The van der Waals surface area contributed by atoms with E-state index in [1.807, 2.05) is 0 Å². The second kappa shape index (κ2) is 15.4. The van der Waals surface area contributed by atoms with E-state index in [0.29, 0.717) is 34.0 Å². The van der Waals surface area contributed by atoms with E-state index in [4.69, 9.17) is 4.74 Å². The number of carbonyl (C=O) groups excluding carboxylic acids is 1. The summed E-state index contributed by atoms with van der Waals surface area (Å²) in [7, 11) is 0. The van der Waals surface area contributed by atoms with Crippen molar-refractivity contribution in [3.63, 3.8) is 0 Å². The zero-order valence-electron chi connectivity index (χ0n) is 33.5. The van der Waals surface area contributed by atoms with Crippen molar-refractivity contribution in [1.82, 2.24) is 0 Å². The van der Waals surface area contributed by atoms with Gasteiger partial charge in [0, 0.05) is 11.8 Å². The summed E-state index contributed by atoms with van der Waals surface area (Å²) >= 11 is 0. The second-order valence-electron chi connectivity index (χ2n) is 20.2. The minimum atomic E-state index is 0.0411. The molecule has 0 aromatic carbocycles. The molecule has 48 heavy (non-hydrogen) atoms. The molecule has 5 fully saturated rings. The monoisotopic (exact) mass is 665 g/mol. The molecule has 0 heterocycles. The first-order chi connectivity index (χ1) is 22.7. The topological polar surface area (TPSA) is 26.3 Å². The number of unbranched alkanes of at least 4 members (excludes halogenated alkanes) is 12. The Morgan fingerprint density at radius 1 is 0.646 bits per heavy atom. The number of carbonyl (C=O) groups is 1. The molecule has 5 saturated carbocycles. The Morgan fingerprint density at radius 2 is 1.25 bits per heavy atom. The molecule has 2 heteroatoms. The summed E-state index contributed by atoms with van der Waals surface area (Å²) in [6.45, 7) is 25.0. The molecule has 0 aromatic heterocycles. The molecule has 2 nitrogen and oxygen atoms in total. The quantitative estimate of drug-likeness (QED) is 0.0932. The van der Waals surface area contributed by atoms with Crippen LogP contribution in [0, 0.1) is 56.7 Å². The van der Waals surface area contributed by atoms with Crippen LogP contribution in [0.25, 0.3) is 0 Å². The third-order valence-electron chi connectivity index (χ3n) is 17.2. The Kier molecular flexibility index (Phi) is 12.4. The van der Waals surface area contributed by atoms with E-state index >= 15 is 0 Å². The van der Waals surface area contributed by atoms with E-state index in [1.54, 1.807) is 0 Å². The molecule has 0 bridgehead atoms. The number of ether oxygens (including phenoxy) is 1. The normalized spacial score (nSPS) is 41.5. The van der Waals surface area contributed by atoms with Gasteiger partial charge in [0.2, 0.25) is 0 Å². The molecule has 10 atom stereocenters. The fraction of sp³-hybridized carbons (Fsp3) is 0.935. The van der Waals surface area contributed by atoms with E-state index < -0.39 is 0 Å². The van der Waals surface area contributed by atoms with Crippen LogP contribution in [0.1, 0.15) is 209 Å². The average Bonchev–Trinajstić information content (AvgIpc) is 3.39. The van der Waals surface area contributed by atoms with E-state index in [0.717, 1.165) is 36.5 Å². The first kappa shape index (κ1) is 38.4. The zero-order valence-corrected chi connectivity index (χ0v) is 33.5. The maximum Gasteiger partial charge on any atom is 0.306 e. The molecule has 5 rings (SSSR count). The fourth-order valence-corrected chi connectivity index (χ4v) is 14.2. The van der Waals surface area contributed by atoms with Gasteiger partial charge >= 0.3 is 5.97 Å². The van der Waals surface area contributed by atoms with Crippen LogP contribution in [-0.2, 0) is 9.53 Å². The lowest BCUT2D eigenvalue weighted by molar-refractivity contribution is -0.249. The van der Waals surface area contributed by atoms with Crippen molar-refractivity contribution >= 4 is 5.97 Å². The van der Waals surface area contributed by atoms with Crippen LogP contribution in [0.2, 0.25) is 0 Å². The third-order valence-corrected chi connectivity index (χ3v) is 17.2. The molecule has 0 amide bonds. The molecular formula is C46H80O2. The van der Waals surface area contributed by atoms with Gasteiger partial charge in [0.15, 0.2) is 0 Å². The maximum absolute atomic E-state index is 13.2. The van der Waals surface area contributed by atoms with E-state index in [2.05, 4.69) is 62.0 Å². The van der Waals surface area contributed by atoms with Crippen LogP contribution in [0.4, 0.5) is 0 Å². The van der Waals surface area contributed by atoms with Crippen LogP contribution in [-0.4, -0.2) is 12.1 Å². The summed E-state index contributed by atoms with van der Waals surface area (Å²) in [5.74, 6) is 3.89. The fourth-order valence-electron chi connectivity index (χ4n) is 14.2. The van der Waals surface area contributed by atoms with E-state index in [1.165, 1.54) is 140 Å². The van der Waals surface area contributed by atoms with Gasteiger partial charge in [0.25, 0.3) is 0 Å². The summed E-state index contributed by atoms with van der Waals surface area (Å²) in [4.78, 5) is 13.2. The highest BCUT2D eigenvalue weighted by Gasteiger charge is 2.70. The Balaban J connectivity index is 1.11. The smallest absolute Gasteiger partial charge is 0.306 e. The summed E-state index contributed by atoms with van der Waals surface area (Å²) in [5.41, 5.74) is 3.19. The van der Waals surface area contributed by atoms with Crippen molar-refractivity contribution in [3.05, 3.63) is 12.2 Å². The number of hydrogen-bond acceptors (Lipinski definition) is 2. The van der Waals surface area contributed by atoms with Crippen molar-refractivity contribution in [2.45, 2.75) is 216 Å². The summed E-state index contributed by atoms with van der Waals surface area (Å²) < 4.78 is 6.42. The van der Waals surface area contributed by atoms with Gasteiger partial charge in [-0.15, -0.1) is 0 Å². The standard InChI is InChI=1S/C46H80O2/c1-10-11-12-13-14-15-16-17-18-19-20-21-22-23-40(47)48-39-28-30-44(7)37(42(39,4)5)27-31-46(9)38(44)25-24-36-41-35(34(2)3)26-29-43(41,6)32-33-45(36,46)8/h35-39,41H,2,10-33H2,1,3-9H3/t35-,36+,37+,38-,39-,41+,43+,44-,45+,46+/m0/s1. The van der Waals surface area contributed by atoms with Gasteiger partial charge in [-0.25, -0.2) is 0 Å². The zero-order chi connectivity index (χ0) is 34.8. The lowest BCUT2D eigenvalue weighted by Gasteiger charge is -2.73. The molecule has 5 aliphatic rings. The van der Waals surface area contributed by atoms with Crippen molar-refractivity contribution in [1.29, 1.82) is 0 Å². The minimum Gasteiger partial charge on any atom is -0.462 e. The SMILES string of the molecule is C=C(C)[C@@H]1CC[C@]2(C)CC[C@]3(C)[C@H](CC[C@H]4[C@@]5(C)CC[C@H](OC(=O)CCCCCCCCCCCCCCC)C(C)(C)[C@H]5CC[C@]43C)[C@@H]12. The van der Waals surface area contributed by atoms with Gasteiger partial charge in [0.05, 0.1) is 0 Å². The summed E-state index contributed by atoms with van der Waals surface area (Å²) in [5, 5.41) is 0. The Labute approximate surface area is 299 Å². The molecule has 0 N–H and O–H groups in total. The predicted molar refractivity (Wildman–Crippen MR) is 205 cm³/mol. The number of fused-ring (bicyclic) bond motifs is 7. The first-order valence-corrected chi connectivity index (χ1v) is 21.6. The predicted octanol–water partition coefficient (Wildman–Crippen LogP) is 14.1. The minimum absolute atomic E-state index is 0.0411. The molecule has 5 aliphatic carbocycles. The lowest BCUT2D eigenvalue weighted by atomic mass is 9.32. The van der Waals surface area contributed by atoms with E-state index in [-0.39, 0.29) is 17.5 Å². The van der Waals surface area contributed by atoms with Crippen molar-refractivity contribution in [2.75, 3.05) is 0 Å². The van der Waals surface area contributed by atoms with Crippen molar-refractivity contribution in [2.24, 2.45) is 56.7 Å². The molecular weight excluding hydrogens is 585 g/mol. The van der Waals surface area contributed by atoms with Crippen molar-refractivity contribution in [3.8, 4) is 0 Å². The number of rotatable bonds is 16. The number of hydrogen-bond donors (Lipinski definition) is 0. The Hall–Kier alpha value is -0.790. The van der Waals surface area contributed by atoms with Gasteiger partial charge < -0.3 is 4.74 Å². The van der Waals surface area contributed by atoms with Gasteiger partial charge in [-0.05, 0) is 129 Å². The third kappa shape index (κ3) is 7.14.